The van der Waals surface area contributed by atoms with Gasteiger partial charge in [-0.05, 0) is 48.9 Å². The maximum Gasteiger partial charge on any atom is 0.228 e. The molecule has 0 radical (unpaired) electrons. The summed E-state index contributed by atoms with van der Waals surface area (Å²) in [6.45, 7) is 2.24. The number of carbonyl (C=O) groups is 1. The van der Waals surface area contributed by atoms with Crippen molar-refractivity contribution in [2.75, 3.05) is 25.0 Å². The maximum absolute atomic E-state index is 13.0. The van der Waals surface area contributed by atoms with Crippen molar-refractivity contribution in [3.8, 4) is 0 Å². The van der Waals surface area contributed by atoms with E-state index in [2.05, 4.69) is 29.1 Å². The van der Waals surface area contributed by atoms with Crippen LogP contribution in [0.25, 0.3) is 0 Å². The summed E-state index contributed by atoms with van der Waals surface area (Å²) in [7, 11) is 2.07. The van der Waals surface area contributed by atoms with Crippen LogP contribution >= 0.6 is 0 Å². The van der Waals surface area contributed by atoms with Crippen LogP contribution in [0.1, 0.15) is 17.5 Å². The Bertz CT molecular complexity index is 837. The van der Waals surface area contributed by atoms with E-state index in [1.807, 2.05) is 78.0 Å². The number of benzene rings is 2. The molecule has 0 aliphatic rings. The number of hydrogen-bond donors (Lipinski definition) is 0. The van der Waals surface area contributed by atoms with E-state index < -0.39 is 0 Å². The summed E-state index contributed by atoms with van der Waals surface area (Å²) in [6, 6.07) is 24.1. The van der Waals surface area contributed by atoms with Crippen LogP contribution in [0.15, 0.2) is 85.2 Å². The molecule has 28 heavy (non-hydrogen) atoms. The van der Waals surface area contributed by atoms with Gasteiger partial charge in [0.25, 0.3) is 0 Å². The zero-order valence-corrected chi connectivity index (χ0v) is 16.4. The summed E-state index contributed by atoms with van der Waals surface area (Å²) >= 11 is 0. The summed E-state index contributed by atoms with van der Waals surface area (Å²) < 4.78 is 0. The molecule has 1 aromatic heterocycles. The molecule has 0 fully saturated rings. The number of para-hydroxylation sites is 1. The van der Waals surface area contributed by atoms with Crippen molar-refractivity contribution in [3.63, 3.8) is 0 Å². The molecule has 1 heterocycles. The van der Waals surface area contributed by atoms with Crippen molar-refractivity contribution in [1.82, 2.24) is 9.88 Å². The highest BCUT2D eigenvalue weighted by atomic mass is 16.2. The lowest BCUT2D eigenvalue weighted by atomic mass is 10.1. The predicted octanol–water partition coefficient (Wildman–Crippen LogP) is 4.18. The lowest BCUT2D eigenvalue weighted by molar-refractivity contribution is -0.119. The standard InChI is InChI=1S/C24H27N3O/c1-26(18-14-21-12-16-25-17-13-21)19-15-24(28)27(23-10-6-3-7-11-23)20-22-8-4-2-5-9-22/h2-13,16-17H,14-15,18-20H2,1H3. The fourth-order valence-corrected chi connectivity index (χ4v) is 3.10. The number of pyridine rings is 1. The van der Waals surface area contributed by atoms with Gasteiger partial charge in [-0.2, -0.15) is 0 Å². The average Bonchev–Trinajstić information content (AvgIpc) is 2.76. The first-order valence-electron chi connectivity index (χ1n) is 9.69. The number of likely N-dealkylation sites (N-methyl/N-ethyl adjacent to an activating group) is 1. The first-order chi connectivity index (χ1) is 13.7. The van der Waals surface area contributed by atoms with E-state index in [-0.39, 0.29) is 5.91 Å². The van der Waals surface area contributed by atoms with E-state index >= 15 is 0 Å². The molecule has 0 saturated heterocycles. The van der Waals surface area contributed by atoms with Gasteiger partial charge < -0.3 is 9.80 Å². The van der Waals surface area contributed by atoms with Crippen molar-refractivity contribution in [1.29, 1.82) is 0 Å². The van der Waals surface area contributed by atoms with E-state index in [0.29, 0.717) is 13.0 Å². The highest BCUT2D eigenvalue weighted by Gasteiger charge is 2.16. The molecule has 0 aliphatic carbocycles. The third kappa shape index (κ3) is 6.03. The number of nitrogens with zero attached hydrogens (tertiary/aromatic N) is 3. The number of carbonyl (C=O) groups excluding carboxylic acids is 1. The van der Waals surface area contributed by atoms with E-state index in [1.54, 1.807) is 0 Å². The van der Waals surface area contributed by atoms with Gasteiger partial charge in [-0.1, -0.05) is 48.5 Å². The summed E-state index contributed by atoms with van der Waals surface area (Å²) in [5, 5.41) is 0. The minimum absolute atomic E-state index is 0.144. The maximum atomic E-state index is 13.0. The monoisotopic (exact) mass is 373 g/mol. The van der Waals surface area contributed by atoms with E-state index in [1.165, 1.54) is 5.56 Å². The molecule has 3 aromatic rings. The summed E-state index contributed by atoms with van der Waals surface area (Å²) in [5.41, 5.74) is 3.34. The van der Waals surface area contributed by atoms with E-state index in [9.17, 15) is 4.79 Å². The predicted molar refractivity (Wildman–Crippen MR) is 114 cm³/mol. The second-order valence-corrected chi connectivity index (χ2v) is 6.96. The van der Waals surface area contributed by atoms with E-state index in [4.69, 9.17) is 0 Å². The van der Waals surface area contributed by atoms with Crippen LogP contribution in [0, 0.1) is 0 Å². The summed E-state index contributed by atoms with van der Waals surface area (Å²) in [5.74, 6) is 0.144. The highest BCUT2D eigenvalue weighted by Crippen LogP contribution is 2.18. The first-order valence-corrected chi connectivity index (χ1v) is 9.69. The number of hydrogen-bond acceptors (Lipinski definition) is 3. The minimum Gasteiger partial charge on any atom is -0.308 e. The molecular weight excluding hydrogens is 346 g/mol. The molecule has 3 rings (SSSR count). The average molecular weight is 374 g/mol. The molecule has 0 unspecified atom stereocenters. The molecular formula is C24H27N3O. The van der Waals surface area contributed by atoms with Crippen molar-refractivity contribution in [3.05, 3.63) is 96.3 Å². The second-order valence-electron chi connectivity index (χ2n) is 6.96. The zero-order chi connectivity index (χ0) is 19.6. The Kier molecular flexibility index (Phi) is 7.33. The SMILES string of the molecule is CN(CCC(=O)N(Cc1ccccc1)c1ccccc1)CCc1ccncc1. The Morgan fingerprint density at radius 2 is 1.46 bits per heavy atom. The molecule has 0 atom stereocenters. The Labute approximate surface area is 167 Å². The van der Waals surface area contributed by atoms with Gasteiger partial charge in [0, 0.05) is 37.6 Å². The van der Waals surface area contributed by atoms with Crippen molar-refractivity contribution < 1.29 is 4.79 Å². The minimum atomic E-state index is 0.144. The molecule has 0 spiro atoms. The van der Waals surface area contributed by atoms with Gasteiger partial charge in [0.2, 0.25) is 5.91 Å². The number of amides is 1. The van der Waals surface area contributed by atoms with Crippen molar-refractivity contribution in [2.24, 2.45) is 0 Å². The Hall–Kier alpha value is -2.98. The largest absolute Gasteiger partial charge is 0.308 e. The summed E-state index contributed by atoms with van der Waals surface area (Å²) in [4.78, 5) is 21.2. The molecule has 1 amide bonds. The molecule has 4 heteroatoms. The van der Waals surface area contributed by atoms with Gasteiger partial charge in [0.05, 0.1) is 6.54 Å². The van der Waals surface area contributed by atoms with Gasteiger partial charge in [-0.25, -0.2) is 0 Å². The third-order valence-corrected chi connectivity index (χ3v) is 4.79. The number of rotatable bonds is 9. The van der Waals surface area contributed by atoms with Crippen LogP contribution in [-0.2, 0) is 17.8 Å². The summed E-state index contributed by atoms with van der Waals surface area (Å²) in [6.07, 6.45) is 5.09. The Morgan fingerprint density at radius 1 is 0.821 bits per heavy atom. The molecule has 0 saturated carbocycles. The van der Waals surface area contributed by atoms with Gasteiger partial charge >= 0.3 is 0 Å². The lowest BCUT2D eigenvalue weighted by Crippen LogP contribution is -2.33. The lowest BCUT2D eigenvalue weighted by Gasteiger charge is -2.24. The third-order valence-electron chi connectivity index (χ3n) is 4.79. The van der Waals surface area contributed by atoms with Crippen LogP contribution in [0.2, 0.25) is 0 Å². The quantitative estimate of drug-likeness (QED) is 0.565. The van der Waals surface area contributed by atoms with Crippen LogP contribution in [0.3, 0.4) is 0 Å². The molecule has 2 aromatic carbocycles. The Morgan fingerprint density at radius 3 is 2.14 bits per heavy atom. The molecule has 4 nitrogen and oxygen atoms in total. The Balaban J connectivity index is 1.58. The molecule has 0 N–H and O–H groups in total. The van der Waals surface area contributed by atoms with Gasteiger partial charge in [0.1, 0.15) is 0 Å². The van der Waals surface area contributed by atoms with Gasteiger partial charge in [0.15, 0.2) is 0 Å². The van der Waals surface area contributed by atoms with E-state index in [0.717, 1.165) is 30.8 Å². The first kappa shape index (κ1) is 19.8. The zero-order valence-electron chi connectivity index (χ0n) is 16.4. The molecule has 0 bridgehead atoms. The van der Waals surface area contributed by atoms with Crippen molar-refractivity contribution >= 4 is 11.6 Å². The number of anilines is 1. The topological polar surface area (TPSA) is 36.4 Å². The second kappa shape index (κ2) is 10.4. The smallest absolute Gasteiger partial charge is 0.228 e. The fraction of sp³-hybridized carbons (Fsp3) is 0.250. The highest BCUT2D eigenvalue weighted by molar-refractivity contribution is 5.93. The van der Waals surface area contributed by atoms with Gasteiger partial charge in [-0.3, -0.25) is 9.78 Å². The number of aromatic nitrogens is 1. The molecule has 144 valence electrons. The normalized spacial score (nSPS) is 10.8. The van der Waals surface area contributed by atoms with Gasteiger partial charge in [-0.15, -0.1) is 0 Å². The van der Waals surface area contributed by atoms with Crippen molar-refractivity contribution in [2.45, 2.75) is 19.4 Å². The fourth-order valence-electron chi connectivity index (χ4n) is 3.10. The molecule has 0 aliphatic heterocycles. The van der Waals surface area contributed by atoms with Crippen LogP contribution in [0.4, 0.5) is 5.69 Å². The van der Waals surface area contributed by atoms with Crippen LogP contribution in [0.5, 0.6) is 0 Å². The van der Waals surface area contributed by atoms with Crippen LogP contribution < -0.4 is 4.90 Å². The van der Waals surface area contributed by atoms with Crippen LogP contribution in [-0.4, -0.2) is 35.9 Å².